The molecule has 0 bridgehead atoms. The molecule has 0 fully saturated rings. The maximum Gasteiger partial charge on any atom is 0.318 e. The second kappa shape index (κ2) is 6.74. The number of esters is 1. The Hall–Kier alpha value is -1.56. The molecule has 0 saturated heterocycles. The first-order chi connectivity index (χ1) is 9.24. The van der Waals surface area contributed by atoms with Crippen LogP contribution in [0.25, 0.3) is 10.4 Å². The van der Waals surface area contributed by atoms with Crippen LogP contribution in [-0.2, 0) is 9.53 Å². The zero-order valence-electron chi connectivity index (χ0n) is 11.4. The van der Waals surface area contributed by atoms with E-state index < -0.39 is 23.7 Å². The van der Waals surface area contributed by atoms with Gasteiger partial charge in [0.1, 0.15) is 5.60 Å². The Morgan fingerprint density at radius 1 is 1.50 bits per heavy atom. The van der Waals surface area contributed by atoms with E-state index in [9.17, 15) is 9.90 Å². The van der Waals surface area contributed by atoms with Crippen molar-refractivity contribution in [1.82, 2.24) is 0 Å². The predicted molar refractivity (Wildman–Crippen MR) is 77.9 cm³/mol. The molecule has 0 aliphatic carbocycles. The Kier molecular flexibility index (Phi) is 5.56. The van der Waals surface area contributed by atoms with E-state index in [1.54, 1.807) is 45.0 Å². The maximum absolute atomic E-state index is 12.0. The molecule has 108 valence electrons. The number of benzene rings is 1. The van der Waals surface area contributed by atoms with E-state index in [2.05, 4.69) is 26.0 Å². The topological polar surface area (TPSA) is 95.3 Å². The van der Waals surface area contributed by atoms with E-state index in [1.165, 1.54) is 0 Å². The molecule has 0 aromatic heterocycles. The molecule has 1 aromatic rings. The van der Waals surface area contributed by atoms with Gasteiger partial charge in [-0.15, -0.1) is 0 Å². The van der Waals surface area contributed by atoms with Gasteiger partial charge in [-0.25, -0.2) is 0 Å². The summed E-state index contributed by atoms with van der Waals surface area (Å²) < 4.78 is 5.90. The van der Waals surface area contributed by atoms with Gasteiger partial charge in [-0.2, -0.15) is 0 Å². The van der Waals surface area contributed by atoms with Gasteiger partial charge in [0.25, 0.3) is 0 Å². The number of aliphatic hydroxyl groups excluding tert-OH is 1. The molecule has 0 radical (unpaired) electrons. The molecule has 1 rings (SSSR count). The molecule has 0 saturated carbocycles. The zero-order chi connectivity index (χ0) is 15.3. The van der Waals surface area contributed by atoms with Crippen LogP contribution in [-0.4, -0.2) is 22.7 Å². The van der Waals surface area contributed by atoms with Crippen molar-refractivity contribution in [1.29, 1.82) is 0 Å². The fraction of sp³-hybridized carbons (Fsp3) is 0.462. The highest BCUT2D eigenvalue weighted by Gasteiger charge is 2.31. The summed E-state index contributed by atoms with van der Waals surface area (Å²) in [6.45, 7) is 5.09. The molecular weight excluding hydrogens is 326 g/mol. The van der Waals surface area contributed by atoms with Crippen molar-refractivity contribution in [3.8, 4) is 0 Å². The second-order valence-corrected chi connectivity index (χ2v) is 6.10. The third-order valence-corrected chi connectivity index (χ3v) is 2.81. The first-order valence-electron chi connectivity index (χ1n) is 5.95. The minimum atomic E-state index is -1.33. The van der Waals surface area contributed by atoms with Gasteiger partial charge in [0, 0.05) is 9.38 Å². The highest BCUT2D eigenvalue weighted by molar-refractivity contribution is 9.10. The molecule has 0 aliphatic rings. The van der Waals surface area contributed by atoms with Gasteiger partial charge in [0.2, 0.25) is 0 Å². The van der Waals surface area contributed by atoms with Crippen LogP contribution in [0, 0.1) is 0 Å². The standard InChI is InChI=1S/C13H16BrN3O3/c1-13(2,3)20-12(19)10(16-17-15)11(18)8-5-4-6-9(14)7-8/h4-7,10-11,18H,1-3H3/t10-,11-/m0/s1. The van der Waals surface area contributed by atoms with E-state index >= 15 is 0 Å². The Morgan fingerprint density at radius 3 is 2.65 bits per heavy atom. The number of carbonyl (C=O) groups excluding carboxylic acids is 1. The monoisotopic (exact) mass is 341 g/mol. The Morgan fingerprint density at radius 2 is 2.15 bits per heavy atom. The fourth-order valence-electron chi connectivity index (χ4n) is 1.53. The first kappa shape index (κ1) is 16.5. The van der Waals surface area contributed by atoms with Gasteiger partial charge in [-0.05, 0) is 44.0 Å². The minimum Gasteiger partial charge on any atom is -0.460 e. The predicted octanol–water partition coefficient (Wildman–Crippen LogP) is 3.50. The van der Waals surface area contributed by atoms with Crippen LogP contribution < -0.4 is 0 Å². The molecule has 20 heavy (non-hydrogen) atoms. The van der Waals surface area contributed by atoms with E-state index in [0.717, 1.165) is 4.47 Å². The lowest BCUT2D eigenvalue weighted by molar-refractivity contribution is -0.159. The number of rotatable bonds is 4. The van der Waals surface area contributed by atoms with Gasteiger partial charge in [-0.1, -0.05) is 33.2 Å². The normalized spacial score (nSPS) is 14.1. The number of nitrogens with zero attached hydrogens (tertiary/aromatic N) is 3. The number of azide groups is 1. The van der Waals surface area contributed by atoms with E-state index in [0.29, 0.717) is 5.56 Å². The number of halogens is 1. The third-order valence-electron chi connectivity index (χ3n) is 2.31. The average Bonchev–Trinajstić information content (AvgIpc) is 2.33. The third kappa shape index (κ3) is 4.85. The van der Waals surface area contributed by atoms with Crippen LogP contribution in [0.2, 0.25) is 0 Å². The summed E-state index contributed by atoms with van der Waals surface area (Å²) in [4.78, 5) is 14.6. The highest BCUT2D eigenvalue weighted by Crippen LogP contribution is 2.24. The fourth-order valence-corrected chi connectivity index (χ4v) is 1.95. The SMILES string of the molecule is CC(C)(C)OC(=O)[C@@H](N=[N+]=[N-])[C@@H](O)c1cccc(Br)c1. The van der Waals surface area contributed by atoms with E-state index in [1.807, 2.05) is 0 Å². The summed E-state index contributed by atoms with van der Waals surface area (Å²) in [5.74, 6) is -0.761. The molecule has 6 nitrogen and oxygen atoms in total. The first-order valence-corrected chi connectivity index (χ1v) is 6.74. The van der Waals surface area contributed by atoms with Crippen LogP contribution in [0.1, 0.15) is 32.4 Å². The molecule has 0 spiro atoms. The zero-order valence-corrected chi connectivity index (χ0v) is 13.0. The van der Waals surface area contributed by atoms with Gasteiger partial charge in [0.05, 0.1) is 6.10 Å². The van der Waals surface area contributed by atoms with Gasteiger partial charge in [-0.3, -0.25) is 4.79 Å². The number of aliphatic hydroxyl groups is 1. The largest absolute Gasteiger partial charge is 0.460 e. The molecular formula is C13H16BrN3O3. The lowest BCUT2D eigenvalue weighted by Gasteiger charge is -2.24. The summed E-state index contributed by atoms with van der Waals surface area (Å²) in [6, 6.07) is 5.46. The van der Waals surface area contributed by atoms with Crippen molar-refractivity contribution < 1.29 is 14.6 Å². The average molecular weight is 342 g/mol. The van der Waals surface area contributed by atoms with Crippen molar-refractivity contribution in [3.63, 3.8) is 0 Å². The summed E-state index contributed by atoms with van der Waals surface area (Å²) in [7, 11) is 0. The van der Waals surface area contributed by atoms with Crippen LogP contribution in [0.15, 0.2) is 33.9 Å². The van der Waals surface area contributed by atoms with Crippen molar-refractivity contribution in [2.24, 2.45) is 5.11 Å². The van der Waals surface area contributed by atoms with Crippen LogP contribution in [0.5, 0.6) is 0 Å². The van der Waals surface area contributed by atoms with E-state index in [4.69, 9.17) is 10.3 Å². The molecule has 0 unspecified atom stereocenters. The minimum absolute atomic E-state index is 0.461. The van der Waals surface area contributed by atoms with Crippen molar-refractivity contribution in [2.75, 3.05) is 0 Å². The Bertz CT molecular complexity index is 536. The van der Waals surface area contributed by atoms with E-state index in [-0.39, 0.29) is 0 Å². The van der Waals surface area contributed by atoms with Crippen LogP contribution >= 0.6 is 15.9 Å². The van der Waals surface area contributed by atoms with Gasteiger partial charge < -0.3 is 9.84 Å². The molecule has 2 atom stereocenters. The van der Waals surface area contributed by atoms with Gasteiger partial charge >= 0.3 is 5.97 Å². The molecule has 0 aliphatic heterocycles. The Balaban J connectivity index is 3.02. The number of hydrogen-bond acceptors (Lipinski definition) is 4. The number of carbonyl (C=O) groups is 1. The summed E-state index contributed by atoms with van der Waals surface area (Å²) in [5, 5.41) is 13.6. The maximum atomic E-state index is 12.0. The van der Waals surface area contributed by atoms with Gasteiger partial charge in [0.15, 0.2) is 6.04 Å². The molecule has 1 N–H and O–H groups in total. The highest BCUT2D eigenvalue weighted by atomic mass is 79.9. The summed E-state index contributed by atoms with van der Waals surface area (Å²) in [6.07, 6.45) is -1.27. The summed E-state index contributed by atoms with van der Waals surface area (Å²) >= 11 is 3.27. The van der Waals surface area contributed by atoms with Crippen molar-refractivity contribution in [3.05, 3.63) is 44.7 Å². The number of hydrogen-bond donors (Lipinski definition) is 1. The molecule has 1 aromatic carbocycles. The summed E-state index contributed by atoms with van der Waals surface area (Å²) in [5.41, 5.74) is 8.30. The second-order valence-electron chi connectivity index (χ2n) is 5.18. The molecule has 0 heterocycles. The Labute approximate surface area is 125 Å². The quantitative estimate of drug-likeness (QED) is 0.392. The van der Waals surface area contributed by atoms with Crippen LogP contribution in [0.4, 0.5) is 0 Å². The van der Waals surface area contributed by atoms with Crippen molar-refractivity contribution in [2.45, 2.75) is 38.5 Å². The molecule has 0 amide bonds. The van der Waals surface area contributed by atoms with Crippen molar-refractivity contribution >= 4 is 21.9 Å². The number of ether oxygens (including phenoxy) is 1. The lowest BCUT2D eigenvalue weighted by atomic mass is 10.0. The lowest BCUT2D eigenvalue weighted by Crippen LogP contribution is -2.34. The molecule has 7 heteroatoms. The van der Waals surface area contributed by atoms with Crippen LogP contribution in [0.3, 0.4) is 0 Å². The smallest absolute Gasteiger partial charge is 0.318 e.